The van der Waals surface area contributed by atoms with E-state index in [0.717, 1.165) is 63.4 Å². The van der Waals surface area contributed by atoms with Gasteiger partial charge in [-0.2, -0.15) is 0 Å². The summed E-state index contributed by atoms with van der Waals surface area (Å²) in [4.78, 5) is 21.9. The lowest BCUT2D eigenvalue weighted by Crippen LogP contribution is -2.46. The van der Waals surface area contributed by atoms with Crippen molar-refractivity contribution in [3.8, 4) is 0 Å². The van der Waals surface area contributed by atoms with Gasteiger partial charge in [0.15, 0.2) is 0 Å². The van der Waals surface area contributed by atoms with Crippen LogP contribution in [0.1, 0.15) is 77.3 Å². The van der Waals surface area contributed by atoms with Crippen LogP contribution >= 0.6 is 11.6 Å². The number of nitrogen functional groups attached to an aromatic ring is 1. The standard InChI is InChI=1S/C26H33ClN4O.2C2H6/c27-23-3-1-21(2-4-23)26(10-11-26)22-8-15-31(16-9-22)25(32)20-6-13-30(14-7-20)18-19-5-12-29-24(28)17-19;2*1-2/h1-5,12,17,20,22H,6-11,13-16,18H2,(H2,28,29);2*1-2H3. The molecule has 5 rings (SSSR count). The van der Waals surface area contributed by atoms with Crippen molar-refractivity contribution in [2.45, 2.75) is 78.2 Å². The van der Waals surface area contributed by atoms with Gasteiger partial charge in [-0.15, -0.1) is 0 Å². The Labute approximate surface area is 223 Å². The summed E-state index contributed by atoms with van der Waals surface area (Å²) < 4.78 is 0. The normalized spacial score (nSPS) is 20.0. The number of aromatic nitrogens is 1. The first-order valence-corrected chi connectivity index (χ1v) is 14.4. The Morgan fingerprint density at radius 2 is 1.58 bits per heavy atom. The Morgan fingerprint density at radius 3 is 2.14 bits per heavy atom. The number of hydrogen-bond donors (Lipinski definition) is 1. The summed E-state index contributed by atoms with van der Waals surface area (Å²) in [5.41, 5.74) is 8.77. The summed E-state index contributed by atoms with van der Waals surface area (Å²) in [6.07, 6.45) is 8.46. The number of carbonyl (C=O) groups is 1. The highest BCUT2D eigenvalue weighted by molar-refractivity contribution is 6.30. The number of nitrogens with zero attached hydrogens (tertiary/aromatic N) is 3. The second-order valence-electron chi connectivity index (χ2n) is 9.90. The Morgan fingerprint density at radius 1 is 0.972 bits per heavy atom. The molecule has 6 heteroatoms. The summed E-state index contributed by atoms with van der Waals surface area (Å²) in [7, 11) is 0. The molecule has 3 aliphatic rings. The molecule has 2 N–H and O–H groups in total. The van der Waals surface area contributed by atoms with E-state index in [2.05, 4.69) is 26.9 Å². The van der Waals surface area contributed by atoms with Crippen LogP contribution in [-0.2, 0) is 16.8 Å². The Balaban J connectivity index is 0.000000861. The minimum atomic E-state index is 0.177. The third-order valence-corrected chi connectivity index (χ3v) is 8.24. The summed E-state index contributed by atoms with van der Waals surface area (Å²) in [6.45, 7) is 12.6. The van der Waals surface area contributed by atoms with Gasteiger partial charge in [0.05, 0.1) is 0 Å². The van der Waals surface area contributed by atoms with Crippen LogP contribution in [0.15, 0.2) is 42.6 Å². The molecule has 0 spiro atoms. The Hall–Kier alpha value is -2.11. The van der Waals surface area contributed by atoms with Crippen LogP contribution < -0.4 is 5.73 Å². The molecule has 0 radical (unpaired) electrons. The van der Waals surface area contributed by atoms with Crippen molar-refractivity contribution < 1.29 is 4.79 Å². The molecule has 1 aromatic carbocycles. The zero-order valence-electron chi connectivity index (χ0n) is 22.7. The van der Waals surface area contributed by atoms with Gasteiger partial charge in [-0.25, -0.2) is 4.98 Å². The van der Waals surface area contributed by atoms with Crippen molar-refractivity contribution in [3.63, 3.8) is 0 Å². The van der Waals surface area contributed by atoms with E-state index in [-0.39, 0.29) is 5.92 Å². The second-order valence-corrected chi connectivity index (χ2v) is 10.3. The Bertz CT molecular complexity index is 944. The quantitative estimate of drug-likeness (QED) is 0.493. The van der Waals surface area contributed by atoms with Gasteiger partial charge in [0, 0.05) is 36.8 Å². The molecule has 3 heterocycles. The third-order valence-electron chi connectivity index (χ3n) is 7.98. The topological polar surface area (TPSA) is 62.5 Å². The zero-order valence-corrected chi connectivity index (χ0v) is 23.4. The lowest BCUT2D eigenvalue weighted by molar-refractivity contribution is -0.138. The Kier molecular flexibility index (Phi) is 10.6. The maximum Gasteiger partial charge on any atom is 0.225 e. The molecule has 36 heavy (non-hydrogen) atoms. The highest BCUT2D eigenvalue weighted by Gasteiger charge is 2.51. The molecule has 0 unspecified atom stereocenters. The van der Waals surface area contributed by atoms with E-state index in [4.69, 9.17) is 17.3 Å². The van der Waals surface area contributed by atoms with Crippen molar-refractivity contribution >= 4 is 23.3 Å². The summed E-state index contributed by atoms with van der Waals surface area (Å²) in [6, 6.07) is 12.4. The summed E-state index contributed by atoms with van der Waals surface area (Å²) in [5, 5.41) is 0.806. The van der Waals surface area contributed by atoms with E-state index in [1.165, 1.54) is 24.0 Å². The molecule has 1 amide bonds. The van der Waals surface area contributed by atoms with Gasteiger partial charge in [0.2, 0.25) is 5.91 Å². The molecular weight excluding hydrogens is 468 g/mol. The number of anilines is 1. The van der Waals surface area contributed by atoms with Crippen molar-refractivity contribution in [1.29, 1.82) is 0 Å². The number of carbonyl (C=O) groups excluding carboxylic acids is 1. The fourth-order valence-electron chi connectivity index (χ4n) is 5.95. The lowest BCUT2D eigenvalue weighted by Gasteiger charge is -2.39. The van der Waals surface area contributed by atoms with Gasteiger partial charge < -0.3 is 10.6 Å². The maximum atomic E-state index is 13.2. The molecule has 2 saturated heterocycles. The monoisotopic (exact) mass is 512 g/mol. The molecule has 0 bridgehead atoms. The first-order valence-electron chi connectivity index (χ1n) is 14.0. The van der Waals surface area contributed by atoms with Crippen molar-refractivity contribution in [3.05, 3.63) is 58.7 Å². The van der Waals surface area contributed by atoms with Gasteiger partial charge in [-0.05, 0) is 98.3 Å². The minimum Gasteiger partial charge on any atom is -0.384 e. The molecule has 1 saturated carbocycles. The highest BCUT2D eigenvalue weighted by Crippen LogP contribution is 2.56. The van der Waals surface area contributed by atoms with Crippen molar-refractivity contribution in [1.82, 2.24) is 14.8 Å². The van der Waals surface area contributed by atoms with Crippen molar-refractivity contribution in [2.75, 3.05) is 31.9 Å². The number of pyridine rings is 1. The van der Waals surface area contributed by atoms with Crippen LogP contribution in [0, 0.1) is 11.8 Å². The number of halogens is 1. The maximum absolute atomic E-state index is 13.2. The number of benzene rings is 1. The smallest absolute Gasteiger partial charge is 0.225 e. The summed E-state index contributed by atoms with van der Waals surface area (Å²) >= 11 is 6.10. The molecule has 1 aromatic heterocycles. The number of likely N-dealkylation sites (tertiary alicyclic amines) is 2. The molecule has 2 aliphatic heterocycles. The second kappa shape index (κ2) is 13.4. The van der Waals surface area contributed by atoms with Gasteiger partial charge in [0.25, 0.3) is 0 Å². The van der Waals surface area contributed by atoms with Crippen LogP contribution in [0.3, 0.4) is 0 Å². The van der Waals surface area contributed by atoms with Crippen LogP contribution in [0.25, 0.3) is 0 Å². The largest absolute Gasteiger partial charge is 0.384 e. The van der Waals surface area contributed by atoms with Crippen LogP contribution in [-0.4, -0.2) is 46.9 Å². The molecule has 5 nitrogen and oxygen atoms in total. The van der Waals surface area contributed by atoms with Gasteiger partial charge in [-0.1, -0.05) is 51.4 Å². The van der Waals surface area contributed by atoms with E-state index >= 15 is 0 Å². The van der Waals surface area contributed by atoms with E-state index in [0.29, 0.717) is 23.1 Å². The summed E-state index contributed by atoms with van der Waals surface area (Å²) in [5.74, 6) is 1.81. The van der Waals surface area contributed by atoms with E-state index in [9.17, 15) is 4.79 Å². The fraction of sp³-hybridized carbons (Fsp3) is 0.600. The molecule has 2 aromatic rings. The van der Waals surface area contributed by atoms with Crippen LogP contribution in [0.2, 0.25) is 5.02 Å². The van der Waals surface area contributed by atoms with Gasteiger partial charge >= 0.3 is 0 Å². The van der Waals surface area contributed by atoms with Gasteiger partial charge in [0.1, 0.15) is 5.82 Å². The van der Waals surface area contributed by atoms with Gasteiger partial charge in [-0.3, -0.25) is 9.69 Å². The average Bonchev–Trinajstić information content (AvgIpc) is 3.74. The highest BCUT2D eigenvalue weighted by atomic mass is 35.5. The van der Waals surface area contributed by atoms with E-state index < -0.39 is 0 Å². The third kappa shape index (κ3) is 6.80. The molecule has 3 fully saturated rings. The predicted octanol–water partition coefficient (Wildman–Crippen LogP) is 6.55. The fourth-order valence-corrected chi connectivity index (χ4v) is 6.07. The number of hydrogen-bond acceptors (Lipinski definition) is 4. The lowest BCUT2D eigenvalue weighted by atomic mass is 9.77. The minimum absolute atomic E-state index is 0.177. The molecule has 198 valence electrons. The first-order chi connectivity index (χ1) is 17.5. The number of piperidine rings is 2. The van der Waals surface area contributed by atoms with Crippen LogP contribution in [0.5, 0.6) is 0 Å². The SMILES string of the molecule is CC.CC.Nc1cc(CN2CCC(C(=O)N3CCC(C4(c5ccc(Cl)cc5)CC4)CC3)CC2)ccn1. The average molecular weight is 513 g/mol. The number of nitrogens with two attached hydrogens (primary N) is 1. The van der Waals surface area contributed by atoms with E-state index in [1.54, 1.807) is 6.20 Å². The zero-order chi connectivity index (χ0) is 26.1. The number of amides is 1. The molecular formula is C30H45ClN4O. The number of rotatable bonds is 5. The van der Waals surface area contributed by atoms with E-state index in [1.807, 2.05) is 52.0 Å². The predicted molar refractivity (Wildman–Crippen MR) is 151 cm³/mol. The first kappa shape index (κ1) is 28.5. The van der Waals surface area contributed by atoms with Crippen molar-refractivity contribution in [2.24, 2.45) is 11.8 Å². The molecule has 0 atom stereocenters. The van der Waals surface area contributed by atoms with Crippen LogP contribution in [0.4, 0.5) is 5.82 Å². The molecule has 1 aliphatic carbocycles.